The second-order valence-electron chi connectivity index (χ2n) is 34.9. The van der Waals surface area contributed by atoms with E-state index in [4.69, 9.17) is 47.4 Å². The number of ether oxygens (including phenoxy) is 10. The summed E-state index contributed by atoms with van der Waals surface area (Å²) >= 11 is 0. The molecule has 0 unspecified atom stereocenters. The number of rotatable bonds is 71. The third-order valence-electron chi connectivity index (χ3n) is 24.1. The van der Waals surface area contributed by atoms with Crippen molar-refractivity contribution in [1.29, 1.82) is 0 Å². The van der Waals surface area contributed by atoms with Crippen molar-refractivity contribution in [3.8, 4) is 57.5 Å². The van der Waals surface area contributed by atoms with Crippen LogP contribution in [-0.4, -0.2) is 97.7 Å². The number of hydrogen-bond donors (Lipinski definition) is 5. The van der Waals surface area contributed by atoms with Gasteiger partial charge in [-0.15, -0.1) is 0 Å². The highest BCUT2D eigenvalue weighted by Crippen LogP contribution is 2.46. The summed E-state index contributed by atoms with van der Waals surface area (Å²) in [5, 5.41) is 12.8. The molecule has 0 saturated carbocycles. The van der Waals surface area contributed by atoms with Gasteiger partial charge in [-0.2, -0.15) is 0 Å². The topological polar surface area (TPSA) is 176 Å². The maximum atomic E-state index is 9.23. The first-order valence-corrected chi connectivity index (χ1v) is 50.5. The van der Waals surface area contributed by atoms with Crippen molar-refractivity contribution in [3.63, 3.8) is 0 Å². The van der Waals surface area contributed by atoms with E-state index in [0.29, 0.717) is 124 Å². The summed E-state index contributed by atoms with van der Waals surface area (Å²) in [6.45, 7) is 26.2. The number of hydrogen-bond acceptors (Lipinski definition) is 11. The number of aromatic amines is 4. The van der Waals surface area contributed by atoms with E-state index < -0.39 is 0 Å². The molecular weight excluding hydrogens is 1550 g/mol. The fraction of sp³-hybridized carbons (Fsp3) is 0.600. The third kappa shape index (κ3) is 33.5. The molecule has 1 aliphatic rings. The van der Waals surface area contributed by atoms with Gasteiger partial charge in [-0.1, -0.05) is 299 Å². The molecule has 8 bridgehead atoms. The monoisotopic (exact) mass is 1720 g/mol. The highest BCUT2D eigenvalue weighted by molar-refractivity contribution is 5.87. The number of aromatic nitrogens is 4. The average Bonchev–Trinajstić information content (AvgIpc) is 1.32. The number of fused-ring (bicyclic) bond motifs is 8. The molecule has 15 heteroatoms. The Morgan fingerprint density at radius 3 is 0.624 bits per heavy atom. The van der Waals surface area contributed by atoms with Gasteiger partial charge in [-0.05, 0) is 190 Å². The van der Waals surface area contributed by atoms with Crippen LogP contribution in [0.4, 0.5) is 0 Å². The SMILES string of the molecule is CCCCCCOc1cc(C2=c3ccc([nH]3)=C(c3ccc(OCCCCCCCCCCCCO)cc3)c3ccc([nH]3)C(c3cc(OCCCCCC)c(OCCCCCC)c(OCCCCCC)c3)=c3ccc([nH]3)=C(c3cc(OCCCCCC)c(OCCCCCC)c(OCCCCCC)c3)c3ccc2[nH]3)cc(OCCCCCC)c1OCCCCCC. The molecule has 9 rings (SSSR count). The van der Waals surface area contributed by atoms with E-state index in [0.717, 1.165) is 351 Å². The van der Waals surface area contributed by atoms with Crippen LogP contribution in [-0.2, 0) is 0 Å². The lowest BCUT2D eigenvalue weighted by Gasteiger charge is -2.20. The minimum atomic E-state index is 0.297. The smallest absolute Gasteiger partial charge is 0.203 e. The summed E-state index contributed by atoms with van der Waals surface area (Å²) in [6, 6.07) is 39.9. The molecule has 1 aliphatic heterocycles. The molecule has 8 aromatic rings. The van der Waals surface area contributed by atoms with E-state index in [9.17, 15) is 5.11 Å². The Hall–Kier alpha value is -8.56. The van der Waals surface area contributed by atoms with Crippen LogP contribution in [0.2, 0.25) is 0 Å². The Morgan fingerprint density at radius 2 is 0.392 bits per heavy atom. The standard InChI is InChI=1S/C110H164N4O11/c1-10-19-28-46-70-117-98-79-86(80-99(118-71-47-29-20-11-2)108(98)123-76-52-34-25-16-7)105-92-62-60-90(111-92)104(85-56-58-89(59-57-85)116-69-55-44-42-40-38-37-39-41-43-45-68-115)91-61-63-93(112-91)106(87-81-100(119-72-48-30-21-12-3)109(124-77-53-35-26-17-8)101(82-87)120-73-49-31-22-13-4)95-65-67-97(114-95)107(96-66-64-94(105)113-96)88-83-102(121-74-50-32-23-14-5)110(125-78-54-36-27-18-9)103(84-88)122-75-51-33-24-15-6/h56-67,79-84,111-115H,10-55,68-78H2,1-9H3. The molecule has 0 spiro atoms. The number of aliphatic hydroxyl groups excluding tert-OH is 1. The Kier molecular flexibility index (Phi) is 48.3. The zero-order chi connectivity index (χ0) is 87.9. The van der Waals surface area contributed by atoms with E-state index in [2.05, 4.69) is 191 Å². The fourth-order valence-corrected chi connectivity index (χ4v) is 16.7. The molecule has 5 heterocycles. The van der Waals surface area contributed by atoms with Crippen LogP contribution in [0.15, 0.2) is 109 Å². The Balaban J connectivity index is 1.37. The summed E-state index contributed by atoms with van der Waals surface area (Å²) in [4.78, 5) is 16.7. The van der Waals surface area contributed by atoms with Crippen molar-refractivity contribution in [2.75, 3.05) is 72.7 Å². The maximum Gasteiger partial charge on any atom is 0.203 e. The second-order valence-corrected chi connectivity index (χ2v) is 34.9. The predicted octanol–water partition coefficient (Wildman–Crippen LogP) is 27.2. The normalized spacial score (nSPS) is 12.1. The lowest BCUT2D eigenvalue weighted by Crippen LogP contribution is -2.19. The number of aliphatic hydroxyl groups is 1. The second kappa shape index (κ2) is 60.2. The van der Waals surface area contributed by atoms with E-state index in [1.807, 2.05) is 0 Å². The summed E-state index contributed by atoms with van der Waals surface area (Å²) in [5.74, 6) is 6.89. The first-order valence-electron chi connectivity index (χ1n) is 50.5. The van der Waals surface area contributed by atoms with Gasteiger partial charge in [0.15, 0.2) is 34.5 Å². The molecule has 4 aromatic heterocycles. The zero-order valence-electron chi connectivity index (χ0n) is 79.2. The Labute approximate surface area is 753 Å². The number of nitrogens with one attached hydrogen (secondary N) is 4. The molecule has 0 fully saturated rings. The van der Waals surface area contributed by atoms with Crippen LogP contribution in [0.3, 0.4) is 0 Å². The number of benzene rings is 4. The van der Waals surface area contributed by atoms with Gasteiger partial charge in [0.05, 0.1) is 66.1 Å². The molecule has 4 aromatic carbocycles. The lowest BCUT2D eigenvalue weighted by molar-refractivity contribution is 0.234. The van der Waals surface area contributed by atoms with E-state index in [1.165, 1.54) is 38.5 Å². The molecular formula is C110H164N4O11. The first kappa shape index (κ1) is 100. The van der Waals surface area contributed by atoms with Crippen LogP contribution in [0, 0.1) is 0 Å². The molecule has 5 N–H and O–H groups in total. The lowest BCUT2D eigenvalue weighted by atomic mass is 10.0. The van der Waals surface area contributed by atoms with Crippen molar-refractivity contribution in [2.45, 2.75) is 358 Å². The van der Waals surface area contributed by atoms with Crippen LogP contribution >= 0.6 is 0 Å². The predicted molar refractivity (Wildman–Crippen MR) is 519 cm³/mol. The van der Waals surface area contributed by atoms with Gasteiger partial charge in [0.25, 0.3) is 0 Å². The minimum Gasteiger partial charge on any atom is -0.494 e. The van der Waals surface area contributed by atoms with Crippen LogP contribution in [0.1, 0.15) is 403 Å². The third-order valence-corrected chi connectivity index (χ3v) is 24.1. The van der Waals surface area contributed by atoms with Gasteiger partial charge in [0, 0.05) is 73.1 Å². The van der Waals surface area contributed by atoms with Crippen molar-refractivity contribution in [1.82, 2.24) is 19.9 Å². The molecule has 0 amide bonds. The van der Waals surface area contributed by atoms with Gasteiger partial charge in [-0.25, -0.2) is 0 Å². The average molecular weight is 1720 g/mol. The fourth-order valence-electron chi connectivity index (χ4n) is 16.7. The quantitative estimate of drug-likeness (QED) is 0.0229. The molecule has 690 valence electrons. The van der Waals surface area contributed by atoms with Crippen molar-refractivity contribution < 1.29 is 52.5 Å². The number of unbranched alkanes of at least 4 members (excludes halogenated alkanes) is 36. The van der Waals surface area contributed by atoms with Crippen molar-refractivity contribution in [3.05, 3.63) is 176 Å². The van der Waals surface area contributed by atoms with Gasteiger partial charge in [0.1, 0.15) is 5.75 Å². The van der Waals surface area contributed by atoms with Crippen LogP contribution in [0.25, 0.3) is 22.3 Å². The van der Waals surface area contributed by atoms with Crippen LogP contribution < -0.4 is 68.8 Å². The molecule has 0 radical (unpaired) electrons. The number of H-pyrrole nitrogens is 4. The highest BCUT2D eigenvalue weighted by Gasteiger charge is 2.27. The Morgan fingerprint density at radius 1 is 0.192 bits per heavy atom. The van der Waals surface area contributed by atoms with E-state index in [1.54, 1.807) is 0 Å². The summed E-state index contributed by atoms with van der Waals surface area (Å²) in [7, 11) is 0. The van der Waals surface area contributed by atoms with E-state index in [-0.39, 0.29) is 0 Å². The zero-order valence-corrected chi connectivity index (χ0v) is 79.2. The molecule has 15 nitrogen and oxygen atoms in total. The molecule has 125 heavy (non-hydrogen) atoms. The summed E-state index contributed by atoms with van der Waals surface area (Å²) < 4.78 is 70.2. The van der Waals surface area contributed by atoms with E-state index >= 15 is 0 Å². The van der Waals surface area contributed by atoms with Gasteiger partial charge in [-0.3, -0.25) is 0 Å². The van der Waals surface area contributed by atoms with Crippen molar-refractivity contribution >= 4 is 22.3 Å². The molecule has 0 saturated heterocycles. The van der Waals surface area contributed by atoms with Gasteiger partial charge >= 0.3 is 0 Å². The van der Waals surface area contributed by atoms with Crippen molar-refractivity contribution in [2.24, 2.45) is 0 Å². The largest absolute Gasteiger partial charge is 0.494 e. The Bertz CT molecular complexity index is 4420. The molecule has 0 aliphatic carbocycles. The van der Waals surface area contributed by atoms with Gasteiger partial charge in [0.2, 0.25) is 17.2 Å². The summed E-state index contributed by atoms with van der Waals surface area (Å²) in [5.41, 5.74) is 11.1. The highest BCUT2D eigenvalue weighted by atomic mass is 16.6. The summed E-state index contributed by atoms with van der Waals surface area (Å²) in [6.07, 6.45) is 50.1. The maximum absolute atomic E-state index is 9.23. The molecule has 0 atom stereocenters. The van der Waals surface area contributed by atoms with Gasteiger partial charge < -0.3 is 72.4 Å². The minimum absolute atomic E-state index is 0.297. The van der Waals surface area contributed by atoms with Crippen LogP contribution in [0.5, 0.6) is 57.5 Å². The first-order chi connectivity index (χ1) is 61.7.